The van der Waals surface area contributed by atoms with Crippen LogP contribution in [0.4, 0.5) is 0 Å². The second kappa shape index (κ2) is 7.42. The monoisotopic (exact) mass is 400 g/mol. The summed E-state index contributed by atoms with van der Waals surface area (Å²) in [5.74, 6) is 0.327. The molecule has 0 aromatic heterocycles. The Hall–Kier alpha value is -1.88. The highest BCUT2D eigenvalue weighted by Crippen LogP contribution is 2.56. The SMILES string of the molecule is C=C1C=C2C=C[C@H](C)[C@H](CCC3C[C@@H](O)CC(=O)O3)C2C2OC(=O)C(C)(CC)C12. The van der Waals surface area contributed by atoms with Crippen LogP contribution in [0.5, 0.6) is 0 Å². The van der Waals surface area contributed by atoms with E-state index in [0.29, 0.717) is 18.8 Å². The number of allylic oxidation sites excluding steroid dienone is 3. The molecule has 2 heterocycles. The molecule has 5 heteroatoms. The fraction of sp³-hybridized carbons (Fsp3) is 0.667. The number of esters is 2. The van der Waals surface area contributed by atoms with E-state index in [0.717, 1.165) is 18.4 Å². The van der Waals surface area contributed by atoms with Gasteiger partial charge < -0.3 is 14.6 Å². The topological polar surface area (TPSA) is 72.8 Å². The number of aliphatic hydroxyl groups excluding tert-OH is 1. The van der Waals surface area contributed by atoms with Crippen molar-refractivity contribution in [2.24, 2.45) is 29.1 Å². The Morgan fingerprint density at radius 1 is 1.28 bits per heavy atom. The summed E-state index contributed by atoms with van der Waals surface area (Å²) in [6.45, 7) is 10.5. The van der Waals surface area contributed by atoms with Gasteiger partial charge in [0.05, 0.1) is 17.9 Å². The fourth-order valence-corrected chi connectivity index (χ4v) is 5.91. The maximum absolute atomic E-state index is 12.8. The number of fused-ring (bicyclic) bond motifs is 3. The van der Waals surface area contributed by atoms with Crippen LogP contribution in [0.25, 0.3) is 0 Å². The third kappa shape index (κ3) is 3.37. The minimum absolute atomic E-state index is 0.00396. The molecule has 0 aromatic carbocycles. The molecule has 8 atom stereocenters. The number of rotatable bonds is 4. The summed E-state index contributed by atoms with van der Waals surface area (Å²) >= 11 is 0. The summed E-state index contributed by atoms with van der Waals surface area (Å²) in [4.78, 5) is 24.5. The van der Waals surface area contributed by atoms with Crippen LogP contribution < -0.4 is 0 Å². The summed E-state index contributed by atoms with van der Waals surface area (Å²) in [6, 6.07) is 0. The first-order chi connectivity index (χ1) is 13.7. The average molecular weight is 401 g/mol. The molecule has 0 radical (unpaired) electrons. The molecule has 2 saturated heterocycles. The smallest absolute Gasteiger partial charge is 0.312 e. The van der Waals surface area contributed by atoms with Gasteiger partial charge in [0.1, 0.15) is 12.2 Å². The predicted octanol–water partition coefficient (Wildman–Crippen LogP) is 3.73. The van der Waals surface area contributed by atoms with Gasteiger partial charge in [0.25, 0.3) is 0 Å². The Kier molecular flexibility index (Phi) is 5.22. The van der Waals surface area contributed by atoms with Gasteiger partial charge in [-0.15, -0.1) is 0 Å². The van der Waals surface area contributed by atoms with Crippen molar-refractivity contribution >= 4 is 11.9 Å². The lowest BCUT2D eigenvalue weighted by Crippen LogP contribution is -2.43. The van der Waals surface area contributed by atoms with Gasteiger partial charge in [0, 0.05) is 18.3 Å². The van der Waals surface area contributed by atoms with Crippen molar-refractivity contribution in [3.8, 4) is 0 Å². The van der Waals surface area contributed by atoms with Crippen LogP contribution in [0, 0.1) is 29.1 Å². The number of hydrogen-bond acceptors (Lipinski definition) is 5. The van der Waals surface area contributed by atoms with Crippen LogP contribution >= 0.6 is 0 Å². The lowest BCUT2D eigenvalue weighted by molar-refractivity contribution is -0.161. The Bertz CT molecular complexity index is 780. The molecule has 2 aliphatic heterocycles. The van der Waals surface area contributed by atoms with E-state index in [1.807, 2.05) is 13.8 Å². The fourth-order valence-electron chi connectivity index (χ4n) is 5.91. The molecule has 5 nitrogen and oxygen atoms in total. The standard InChI is InChI=1S/C24H32O5/c1-5-24(4)21-14(3)10-15-7-6-13(2)18(20(15)22(21)29-23(24)27)9-8-17-11-16(25)12-19(26)28-17/h6-7,10,13,16-18,20-22,25H,3,5,8-9,11-12H2,1-2,4H3/t13-,16+,17?,18-,20?,21?,22?,24?/m0/s1. The van der Waals surface area contributed by atoms with E-state index in [4.69, 9.17) is 9.47 Å². The molecule has 0 spiro atoms. The van der Waals surface area contributed by atoms with E-state index < -0.39 is 11.5 Å². The van der Waals surface area contributed by atoms with Gasteiger partial charge in [-0.25, -0.2) is 0 Å². The zero-order valence-corrected chi connectivity index (χ0v) is 17.6. The molecule has 158 valence electrons. The summed E-state index contributed by atoms with van der Waals surface area (Å²) < 4.78 is 11.5. The average Bonchev–Trinajstić information content (AvgIpc) is 2.92. The van der Waals surface area contributed by atoms with Crippen molar-refractivity contribution in [1.82, 2.24) is 0 Å². The quantitative estimate of drug-likeness (QED) is 0.728. The third-order valence-corrected chi connectivity index (χ3v) is 7.74. The highest BCUT2D eigenvalue weighted by atomic mass is 16.6. The largest absolute Gasteiger partial charge is 0.462 e. The van der Waals surface area contributed by atoms with E-state index in [1.165, 1.54) is 5.57 Å². The normalized spacial score (nSPS) is 43.9. The van der Waals surface area contributed by atoms with Crippen molar-refractivity contribution < 1.29 is 24.2 Å². The molecule has 2 aliphatic carbocycles. The molecule has 1 N–H and O–H groups in total. The summed E-state index contributed by atoms with van der Waals surface area (Å²) in [6.07, 6.45) is 8.40. The van der Waals surface area contributed by atoms with E-state index in [-0.39, 0.29) is 48.3 Å². The van der Waals surface area contributed by atoms with Crippen molar-refractivity contribution in [3.63, 3.8) is 0 Å². The van der Waals surface area contributed by atoms with Crippen LogP contribution in [-0.2, 0) is 19.1 Å². The second-order valence-corrected chi connectivity index (χ2v) is 9.53. The van der Waals surface area contributed by atoms with Gasteiger partial charge in [0.15, 0.2) is 0 Å². The molecule has 0 aromatic rings. The molecule has 4 rings (SSSR count). The maximum atomic E-state index is 12.8. The minimum Gasteiger partial charge on any atom is -0.462 e. The van der Waals surface area contributed by atoms with Gasteiger partial charge >= 0.3 is 11.9 Å². The van der Waals surface area contributed by atoms with Crippen molar-refractivity contribution in [1.29, 1.82) is 0 Å². The molecule has 29 heavy (non-hydrogen) atoms. The van der Waals surface area contributed by atoms with E-state index in [2.05, 4.69) is 31.7 Å². The lowest BCUT2D eigenvalue weighted by Gasteiger charge is -2.44. The zero-order chi connectivity index (χ0) is 20.9. The Labute approximate surface area is 172 Å². The summed E-state index contributed by atoms with van der Waals surface area (Å²) in [7, 11) is 0. The van der Waals surface area contributed by atoms with E-state index >= 15 is 0 Å². The molecular formula is C24H32O5. The van der Waals surface area contributed by atoms with Crippen LogP contribution in [0.2, 0.25) is 0 Å². The molecule has 0 amide bonds. The van der Waals surface area contributed by atoms with E-state index in [1.54, 1.807) is 0 Å². The zero-order valence-electron chi connectivity index (χ0n) is 17.6. The highest BCUT2D eigenvalue weighted by molar-refractivity contribution is 5.81. The first-order valence-electron chi connectivity index (χ1n) is 10.9. The van der Waals surface area contributed by atoms with Crippen molar-refractivity contribution in [2.75, 3.05) is 0 Å². The summed E-state index contributed by atoms with van der Waals surface area (Å²) in [5, 5.41) is 9.90. The first kappa shape index (κ1) is 20.4. The van der Waals surface area contributed by atoms with Gasteiger partial charge in [0.2, 0.25) is 0 Å². The molecule has 0 bridgehead atoms. The highest BCUT2D eigenvalue weighted by Gasteiger charge is 2.59. The lowest BCUT2D eigenvalue weighted by atomic mass is 9.59. The Morgan fingerprint density at radius 2 is 2.03 bits per heavy atom. The first-order valence-corrected chi connectivity index (χ1v) is 10.9. The van der Waals surface area contributed by atoms with Gasteiger partial charge in [-0.05, 0) is 49.2 Å². The third-order valence-electron chi connectivity index (χ3n) is 7.74. The Morgan fingerprint density at radius 3 is 2.72 bits per heavy atom. The molecule has 0 saturated carbocycles. The number of ether oxygens (including phenoxy) is 2. The predicted molar refractivity (Wildman–Crippen MR) is 109 cm³/mol. The molecular weight excluding hydrogens is 368 g/mol. The van der Waals surface area contributed by atoms with Crippen LogP contribution in [0.15, 0.2) is 36.0 Å². The number of carbonyl (C=O) groups is 2. The number of cyclic esters (lactones) is 1. The minimum atomic E-state index is -0.608. The number of hydrogen-bond donors (Lipinski definition) is 1. The molecule has 5 unspecified atom stereocenters. The van der Waals surface area contributed by atoms with Crippen molar-refractivity contribution in [3.05, 3.63) is 36.0 Å². The van der Waals surface area contributed by atoms with Crippen molar-refractivity contribution in [2.45, 2.75) is 71.2 Å². The van der Waals surface area contributed by atoms with Gasteiger partial charge in [-0.2, -0.15) is 0 Å². The van der Waals surface area contributed by atoms with Gasteiger partial charge in [-0.1, -0.05) is 38.7 Å². The molecule has 2 fully saturated rings. The van der Waals surface area contributed by atoms with Crippen LogP contribution in [0.3, 0.4) is 0 Å². The van der Waals surface area contributed by atoms with E-state index in [9.17, 15) is 14.7 Å². The number of carbonyl (C=O) groups excluding carboxylic acids is 2. The Balaban J connectivity index is 1.58. The maximum Gasteiger partial charge on any atom is 0.312 e. The number of aliphatic hydroxyl groups is 1. The second-order valence-electron chi connectivity index (χ2n) is 9.53. The van der Waals surface area contributed by atoms with Gasteiger partial charge in [-0.3, -0.25) is 9.59 Å². The van der Waals surface area contributed by atoms with Crippen LogP contribution in [-0.4, -0.2) is 35.4 Å². The summed E-state index contributed by atoms with van der Waals surface area (Å²) in [5.41, 5.74) is 1.65. The van der Waals surface area contributed by atoms with Crippen LogP contribution in [0.1, 0.15) is 52.9 Å². The molecule has 4 aliphatic rings.